The lowest BCUT2D eigenvalue weighted by Crippen LogP contribution is -2.39. The minimum Gasteiger partial charge on any atom is -0.493 e. The van der Waals surface area contributed by atoms with Crippen molar-refractivity contribution >= 4 is 11.8 Å². The van der Waals surface area contributed by atoms with Gasteiger partial charge in [0, 0.05) is 18.7 Å². The van der Waals surface area contributed by atoms with Crippen LogP contribution in [0.5, 0.6) is 11.5 Å². The van der Waals surface area contributed by atoms with E-state index in [0.717, 1.165) is 16.7 Å². The molecule has 0 fully saturated rings. The van der Waals surface area contributed by atoms with Crippen LogP contribution in [0.25, 0.3) is 0 Å². The number of hydrogen-bond donors (Lipinski definition) is 1. The van der Waals surface area contributed by atoms with Gasteiger partial charge in [-0.05, 0) is 61.7 Å². The van der Waals surface area contributed by atoms with Gasteiger partial charge in [0.25, 0.3) is 5.91 Å². The number of hydrogen-bond acceptors (Lipinski definition) is 4. The van der Waals surface area contributed by atoms with Crippen molar-refractivity contribution < 1.29 is 19.1 Å². The molecule has 0 saturated heterocycles. The molecule has 0 bridgehead atoms. The minimum absolute atomic E-state index is 0.0487. The molecule has 28 heavy (non-hydrogen) atoms. The molecule has 2 aromatic rings. The molecule has 0 atom stereocenters. The molecule has 2 rings (SSSR count). The number of carbonyl (C=O) groups is 2. The van der Waals surface area contributed by atoms with E-state index < -0.39 is 0 Å². The average Bonchev–Trinajstić information content (AvgIpc) is 2.71. The summed E-state index contributed by atoms with van der Waals surface area (Å²) >= 11 is 0. The first-order valence-electron chi connectivity index (χ1n) is 9.23. The van der Waals surface area contributed by atoms with Crippen LogP contribution in [-0.2, 0) is 11.3 Å². The summed E-state index contributed by atoms with van der Waals surface area (Å²) in [4.78, 5) is 26.6. The van der Waals surface area contributed by atoms with Gasteiger partial charge < -0.3 is 19.7 Å². The summed E-state index contributed by atoms with van der Waals surface area (Å²) in [6.07, 6.45) is 0. The second-order valence-corrected chi connectivity index (χ2v) is 6.58. The van der Waals surface area contributed by atoms with E-state index in [2.05, 4.69) is 5.32 Å². The number of aryl methyl sites for hydroxylation is 2. The molecule has 2 amide bonds. The largest absolute Gasteiger partial charge is 0.493 e. The monoisotopic (exact) mass is 384 g/mol. The number of ether oxygens (including phenoxy) is 2. The number of nitrogens with zero attached hydrogens (tertiary/aromatic N) is 1. The van der Waals surface area contributed by atoms with Crippen LogP contribution in [0.4, 0.5) is 0 Å². The summed E-state index contributed by atoms with van der Waals surface area (Å²) in [5.74, 6) is 0.862. The number of rotatable bonds is 8. The van der Waals surface area contributed by atoms with Gasteiger partial charge in [0.05, 0.1) is 20.8 Å². The molecule has 0 aromatic heterocycles. The zero-order chi connectivity index (χ0) is 20.7. The van der Waals surface area contributed by atoms with Crippen molar-refractivity contribution in [2.75, 3.05) is 27.3 Å². The zero-order valence-electron chi connectivity index (χ0n) is 17.2. The van der Waals surface area contributed by atoms with Gasteiger partial charge in [-0.15, -0.1) is 0 Å². The fourth-order valence-electron chi connectivity index (χ4n) is 2.83. The standard InChI is InChI=1S/C22H28N2O4/c1-6-24(14-17-8-10-19(27-4)20(12-17)28-5)21(25)13-23-22(26)18-9-7-15(2)16(3)11-18/h7-12H,6,13-14H2,1-5H3,(H,23,26). The lowest BCUT2D eigenvalue weighted by molar-refractivity contribution is -0.130. The Kier molecular flexibility index (Phi) is 7.44. The number of carbonyl (C=O) groups excluding carboxylic acids is 2. The van der Waals surface area contributed by atoms with E-state index >= 15 is 0 Å². The van der Waals surface area contributed by atoms with Crippen LogP contribution in [0.15, 0.2) is 36.4 Å². The van der Waals surface area contributed by atoms with Gasteiger partial charge in [0.2, 0.25) is 5.91 Å². The molecule has 0 spiro atoms. The first-order chi connectivity index (χ1) is 13.4. The van der Waals surface area contributed by atoms with Gasteiger partial charge in [-0.2, -0.15) is 0 Å². The quantitative estimate of drug-likeness (QED) is 0.759. The van der Waals surface area contributed by atoms with Crippen molar-refractivity contribution in [3.8, 4) is 11.5 Å². The van der Waals surface area contributed by atoms with Gasteiger partial charge in [0.15, 0.2) is 11.5 Å². The Morgan fingerprint density at radius 3 is 2.29 bits per heavy atom. The van der Waals surface area contributed by atoms with E-state index in [1.165, 1.54) is 0 Å². The molecular weight excluding hydrogens is 356 g/mol. The van der Waals surface area contributed by atoms with Crippen molar-refractivity contribution in [1.82, 2.24) is 10.2 Å². The lowest BCUT2D eigenvalue weighted by atomic mass is 10.1. The van der Waals surface area contributed by atoms with Crippen molar-refractivity contribution in [1.29, 1.82) is 0 Å². The van der Waals surface area contributed by atoms with Gasteiger partial charge in [0.1, 0.15) is 0 Å². The molecule has 0 aliphatic heterocycles. The predicted octanol–water partition coefficient (Wildman–Crippen LogP) is 3.10. The Morgan fingerprint density at radius 2 is 1.68 bits per heavy atom. The Hall–Kier alpha value is -3.02. The highest BCUT2D eigenvalue weighted by Crippen LogP contribution is 2.28. The molecule has 0 aliphatic rings. The summed E-state index contributed by atoms with van der Waals surface area (Å²) in [5, 5.41) is 2.71. The maximum Gasteiger partial charge on any atom is 0.251 e. The van der Waals surface area contributed by atoms with Gasteiger partial charge in [-0.25, -0.2) is 0 Å². The number of amides is 2. The first-order valence-corrected chi connectivity index (χ1v) is 9.23. The third-order valence-corrected chi connectivity index (χ3v) is 4.73. The molecule has 150 valence electrons. The van der Waals surface area contributed by atoms with E-state index in [9.17, 15) is 9.59 Å². The number of nitrogens with one attached hydrogen (secondary N) is 1. The van der Waals surface area contributed by atoms with Crippen LogP contribution < -0.4 is 14.8 Å². The highest BCUT2D eigenvalue weighted by Gasteiger charge is 2.15. The van der Waals surface area contributed by atoms with Crippen LogP contribution in [0.3, 0.4) is 0 Å². The SMILES string of the molecule is CCN(Cc1ccc(OC)c(OC)c1)C(=O)CNC(=O)c1ccc(C)c(C)c1. The van der Waals surface area contributed by atoms with Crippen LogP contribution in [0, 0.1) is 13.8 Å². The molecule has 6 nitrogen and oxygen atoms in total. The van der Waals surface area contributed by atoms with Gasteiger partial charge in [-0.3, -0.25) is 9.59 Å². The van der Waals surface area contributed by atoms with Gasteiger partial charge in [-0.1, -0.05) is 12.1 Å². The highest BCUT2D eigenvalue weighted by molar-refractivity contribution is 5.96. The smallest absolute Gasteiger partial charge is 0.251 e. The average molecular weight is 384 g/mol. The van der Waals surface area contributed by atoms with E-state index in [1.54, 1.807) is 25.2 Å². The van der Waals surface area contributed by atoms with Crippen LogP contribution in [0.2, 0.25) is 0 Å². The minimum atomic E-state index is -0.251. The van der Waals surface area contributed by atoms with Crippen LogP contribution in [-0.4, -0.2) is 44.0 Å². The fraction of sp³-hybridized carbons (Fsp3) is 0.364. The number of methoxy groups -OCH3 is 2. The lowest BCUT2D eigenvalue weighted by Gasteiger charge is -2.22. The van der Waals surface area contributed by atoms with E-state index in [-0.39, 0.29) is 18.4 Å². The van der Waals surface area contributed by atoms with Crippen LogP contribution >= 0.6 is 0 Å². The molecular formula is C22H28N2O4. The van der Waals surface area contributed by atoms with Crippen molar-refractivity contribution in [3.05, 3.63) is 58.7 Å². The summed E-state index contributed by atoms with van der Waals surface area (Å²) in [6, 6.07) is 11.1. The summed E-state index contributed by atoms with van der Waals surface area (Å²) in [6.45, 7) is 6.77. The normalized spacial score (nSPS) is 10.3. The molecule has 1 N–H and O–H groups in total. The van der Waals surface area contributed by atoms with Crippen molar-refractivity contribution in [2.45, 2.75) is 27.3 Å². The van der Waals surface area contributed by atoms with Crippen molar-refractivity contribution in [3.63, 3.8) is 0 Å². The van der Waals surface area contributed by atoms with E-state index in [4.69, 9.17) is 9.47 Å². The summed E-state index contributed by atoms with van der Waals surface area (Å²) in [5.41, 5.74) is 3.65. The maximum atomic E-state index is 12.6. The molecule has 0 saturated carbocycles. The third-order valence-electron chi connectivity index (χ3n) is 4.73. The fourth-order valence-corrected chi connectivity index (χ4v) is 2.83. The van der Waals surface area contributed by atoms with Crippen LogP contribution in [0.1, 0.15) is 34.0 Å². The Balaban J connectivity index is 1.99. The topological polar surface area (TPSA) is 67.9 Å². The second-order valence-electron chi connectivity index (χ2n) is 6.58. The molecule has 2 aromatic carbocycles. The zero-order valence-corrected chi connectivity index (χ0v) is 17.2. The molecule has 0 unspecified atom stereocenters. The highest BCUT2D eigenvalue weighted by atomic mass is 16.5. The number of benzene rings is 2. The molecule has 6 heteroatoms. The number of likely N-dealkylation sites (N-methyl/N-ethyl adjacent to an activating group) is 1. The van der Waals surface area contributed by atoms with E-state index in [0.29, 0.717) is 30.2 Å². The maximum absolute atomic E-state index is 12.6. The molecule has 0 heterocycles. The predicted molar refractivity (Wildman–Crippen MR) is 109 cm³/mol. The van der Waals surface area contributed by atoms with Crippen molar-refractivity contribution in [2.24, 2.45) is 0 Å². The summed E-state index contributed by atoms with van der Waals surface area (Å²) in [7, 11) is 3.16. The van der Waals surface area contributed by atoms with Gasteiger partial charge >= 0.3 is 0 Å². The Morgan fingerprint density at radius 1 is 0.964 bits per heavy atom. The molecule has 0 aliphatic carbocycles. The Bertz CT molecular complexity index is 848. The summed E-state index contributed by atoms with van der Waals surface area (Å²) < 4.78 is 10.6. The third kappa shape index (κ3) is 5.25. The first kappa shape index (κ1) is 21.3. The Labute approximate surface area is 166 Å². The van der Waals surface area contributed by atoms with E-state index in [1.807, 2.05) is 51.1 Å². The molecule has 0 radical (unpaired) electrons. The second kappa shape index (κ2) is 9.78.